The fourth-order valence-electron chi connectivity index (χ4n) is 3.45. The van der Waals surface area contributed by atoms with E-state index in [-0.39, 0.29) is 0 Å². The molecule has 0 amide bonds. The molecule has 3 aromatic rings. The van der Waals surface area contributed by atoms with Crippen LogP contribution in [0.3, 0.4) is 0 Å². The summed E-state index contributed by atoms with van der Waals surface area (Å²) in [5.41, 5.74) is 1.49. The maximum absolute atomic E-state index is 2.65. The summed E-state index contributed by atoms with van der Waals surface area (Å²) in [7, 11) is 0. The molecule has 0 atom stereocenters. The first-order valence-electron chi connectivity index (χ1n) is 9.60. The average molecular weight is 384 g/mol. The van der Waals surface area contributed by atoms with E-state index in [0.29, 0.717) is 0 Å². The van der Waals surface area contributed by atoms with Crippen molar-refractivity contribution >= 4 is 45.1 Å². The highest BCUT2D eigenvalue weighted by molar-refractivity contribution is 7.99. The van der Waals surface area contributed by atoms with Crippen molar-refractivity contribution in [3.8, 4) is 0 Å². The van der Waals surface area contributed by atoms with Crippen LogP contribution in [0.25, 0.3) is 21.5 Å². The van der Waals surface area contributed by atoms with Gasteiger partial charge in [0.05, 0.1) is 0 Å². The molecule has 1 nitrogen and oxygen atoms in total. The zero-order valence-electron chi connectivity index (χ0n) is 15.9. The highest BCUT2D eigenvalue weighted by atomic mass is 32.2. The number of benzene rings is 3. The third-order valence-electron chi connectivity index (χ3n) is 4.78. The number of fused-ring (bicyclic) bond motifs is 2. The van der Waals surface area contributed by atoms with Crippen LogP contribution in [0.1, 0.15) is 19.4 Å². The van der Waals surface area contributed by atoms with Crippen LogP contribution in [0.2, 0.25) is 0 Å². The van der Waals surface area contributed by atoms with E-state index >= 15 is 0 Å². The van der Waals surface area contributed by atoms with Gasteiger partial charge in [-0.1, -0.05) is 62.4 Å². The summed E-state index contributed by atoms with van der Waals surface area (Å²) in [6, 6.07) is 20.0. The molecule has 0 unspecified atom stereocenters. The first-order chi connectivity index (χ1) is 12.8. The van der Waals surface area contributed by atoms with Crippen molar-refractivity contribution in [1.29, 1.82) is 0 Å². The fraction of sp³-hybridized carbons (Fsp3) is 0.391. The van der Waals surface area contributed by atoms with Crippen molar-refractivity contribution in [2.45, 2.75) is 20.4 Å². The van der Waals surface area contributed by atoms with Crippen LogP contribution in [0.4, 0.5) is 0 Å². The third-order valence-corrected chi connectivity index (χ3v) is 6.54. The van der Waals surface area contributed by atoms with Gasteiger partial charge in [0.25, 0.3) is 0 Å². The summed E-state index contributed by atoms with van der Waals surface area (Å²) in [6.07, 6.45) is 0. The van der Waals surface area contributed by atoms with Crippen molar-refractivity contribution < 1.29 is 0 Å². The Morgan fingerprint density at radius 3 is 1.73 bits per heavy atom. The lowest BCUT2D eigenvalue weighted by molar-refractivity contribution is 0.303. The largest absolute Gasteiger partial charge is 0.297 e. The van der Waals surface area contributed by atoms with Crippen LogP contribution in [-0.4, -0.2) is 41.0 Å². The molecule has 3 rings (SSSR count). The molecule has 0 bridgehead atoms. The lowest BCUT2D eigenvalue weighted by Crippen LogP contribution is -2.28. The summed E-state index contributed by atoms with van der Waals surface area (Å²) in [6.45, 7) is 7.87. The molecule has 0 aliphatic rings. The van der Waals surface area contributed by atoms with Gasteiger partial charge >= 0.3 is 0 Å². The van der Waals surface area contributed by atoms with E-state index in [1.165, 1.54) is 63.2 Å². The topological polar surface area (TPSA) is 3.24 Å². The Hall–Kier alpha value is -1.16. The summed E-state index contributed by atoms with van der Waals surface area (Å²) in [4.78, 5) is 2.65. The summed E-state index contributed by atoms with van der Waals surface area (Å²) < 4.78 is 0. The summed E-state index contributed by atoms with van der Waals surface area (Å²) in [5.74, 6) is 4.84. The number of hydrogen-bond acceptors (Lipinski definition) is 3. The Kier molecular flexibility index (Phi) is 7.72. The summed E-state index contributed by atoms with van der Waals surface area (Å²) in [5, 5.41) is 5.52. The number of hydrogen-bond donors (Lipinski definition) is 0. The van der Waals surface area contributed by atoms with Gasteiger partial charge in [0.1, 0.15) is 0 Å². The second-order valence-electron chi connectivity index (χ2n) is 6.47. The molecule has 0 radical (unpaired) electrons. The lowest BCUT2D eigenvalue weighted by atomic mass is 9.96. The maximum atomic E-state index is 2.65. The fourth-order valence-corrected chi connectivity index (χ4v) is 4.80. The van der Waals surface area contributed by atoms with E-state index < -0.39 is 0 Å². The predicted molar refractivity (Wildman–Crippen MR) is 123 cm³/mol. The van der Waals surface area contributed by atoms with E-state index in [2.05, 4.69) is 73.3 Å². The molecule has 138 valence electrons. The zero-order valence-corrected chi connectivity index (χ0v) is 17.5. The molecule has 3 heteroatoms. The van der Waals surface area contributed by atoms with Crippen LogP contribution in [0, 0.1) is 0 Å². The van der Waals surface area contributed by atoms with Crippen LogP contribution < -0.4 is 0 Å². The van der Waals surface area contributed by atoms with E-state index in [1.807, 2.05) is 23.5 Å². The minimum absolute atomic E-state index is 1.04. The Morgan fingerprint density at radius 2 is 1.23 bits per heavy atom. The van der Waals surface area contributed by atoms with Crippen LogP contribution >= 0.6 is 23.5 Å². The monoisotopic (exact) mass is 383 g/mol. The zero-order chi connectivity index (χ0) is 18.2. The highest BCUT2D eigenvalue weighted by Crippen LogP contribution is 2.29. The first kappa shape index (κ1) is 19.6. The third kappa shape index (κ3) is 4.97. The second-order valence-corrected chi connectivity index (χ2v) is 9.26. The molecular formula is C23H29NS2. The quantitative estimate of drug-likeness (QED) is 0.299. The molecule has 0 aliphatic carbocycles. The molecule has 0 fully saturated rings. The van der Waals surface area contributed by atoms with Crippen LogP contribution in [0.15, 0.2) is 54.6 Å². The highest BCUT2D eigenvalue weighted by Gasteiger charge is 2.12. The summed E-state index contributed by atoms with van der Waals surface area (Å²) >= 11 is 4.09. The molecule has 0 aliphatic heterocycles. The average Bonchev–Trinajstić information content (AvgIpc) is 2.68. The molecule has 0 N–H and O–H groups in total. The number of thioether (sulfide) groups is 2. The Labute approximate surface area is 166 Å². The van der Waals surface area contributed by atoms with Crippen molar-refractivity contribution in [1.82, 2.24) is 4.90 Å². The van der Waals surface area contributed by atoms with Crippen molar-refractivity contribution in [2.24, 2.45) is 0 Å². The van der Waals surface area contributed by atoms with Crippen molar-refractivity contribution in [3.63, 3.8) is 0 Å². The second kappa shape index (κ2) is 10.2. The van der Waals surface area contributed by atoms with Gasteiger partial charge in [-0.05, 0) is 44.7 Å². The van der Waals surface area contributed by atoms with Gasteiger partial charge in [-0.15, -0.1) is 0 Å². The smallest absolute Gasteiger partial charge is 0.0246 e. The lowest BCUT2D eigenvalue weighted by Gasteiger charge is -2.24. The van der Waals surface area contributed by atoms with E-state index in [0.717, 1.165) is 6.54 Å². The Bertz CT molecular complexity index is 767. The van der Waals surface area contributed by atoms with Gasteiger partial charge in [0.2, 0.25) is 0 Å². The van der Waals surface area contributed by atoms with Gasteiger partial charge in [-0.25, -0.2) is 0 Å². The molecule has 0 saturated carbocycles. The molecule has 0 spiro atoms. The van der Waals surface area contributed by atoms with Crippen LogP contribution in [0.5, 0.6) is 0 Å². The molecule has 26 heavy (non-hydrogen) atoms. The maximum Gasteiger partial charge on any atom is 0.0246 e. The van der Waals surface area contributed by atoms with E-state index in [9.17, 15) is 0 Å². The molecule has 0 aromatic heterocycles. The Morgan fingerprint density at radius 1 is 0.731 bits per heavy atom. The minimum Gasteiger partial charge on any atom is -0.297 e. The van der Waals surface area contributed by atoms with Gasteiger partial charge in [0, 0.05) is 31.1 Å². The SMILES string of the molecule is CCSCCN(CCSCC)Cc1c2ccccc2cc2ccccc12. The van der Waals surface area contributed by atoms with Gasteiger partial charge in [0.15, 0.2) is 0 Å². The molecular weight excluding hydrogens is 354 g/mol. The normalized spacial score (nSPS) is 11.7. The predicted octanol–water partition coefficient (Wildman–Crippen LogP) is 6.30. The Balaban J connectivity index is 1.93. The van der Waals surface area contributed by atoms with E-state index in [4.69, 9.17) is 0 Å². The van der Waals surface area contributed by atoms with Crippen molar-refractivity contribution in [3.05, 3.63) is 60.2 Å². The van der Waals surface area contributed by atoms with E-state index in [1.54, 1.807) is 0 Å². The van der Waals surface area contributed by atoms with Crippen molar-refractivity contribution in [2.75, 3.05) is 36.1 Å². The molecule has 3 aromatic carbocycles. The molecule has 0 heterocycles. The number of rotatable bonds is 10. The number of nitrogens with zero attached hydrogens (tertiary/aromatic N) is 1. The molecule has 0 saturated heterocycles. The first-order valence-corrected chi connectivity index (χ1v) is 11.9. The van der Waals surface area contributed by atoms with Gasteiger partial charge in [-0.3, -0.25) is 4.90 Å². The van der Waals surface area contributed by atoms with Crippen LogP contribution in [-0.2, 0) is 6.54 Å². The van der Waals surface area contributed by atoms with Gasteiger partial charge in [-0.2, -0.15) is 23.5 Å². The van der Waals surface area contributed by atoms with Gasteiger partial charge < -0.3 is 0 Å². The minimum atomic E-state index is 1.04. The standard InChI is InChI=1S/C23H29NS2/c1-3-25-15-13-24(14-16-26-4-2)18-23-21-11-7-5-9-19(21)17-20-10-6-8-12-22(20)23/h5-12,17H,3-4,13-16,18H2,1-2H3.